The highest BCUT2D eigenvalue weighted by molar-refractivity contribution is 5.73. The number of aromatic nitrogens is 2. The third-order valence-electron chi connectivity index (χ3n) is 4.15. The van der Waals surface area contributed by atoms with Crippen molar-refractivity contribution in [2.75, 3.05) is 5.32 Å². The summed E-state index contributed by atoms with van der Waals surface area (Å²) in [6, 6.07) is 13.1. The van der Waals surface area contributed by atoms with Gasteiger partial charge in [-0.25, -0.2) is 4.98 Å². The Balaban J connectivity index is 2.00. The molecule has 0 bridgehead atoms. The van der Waals surface area contributed by atoms with Crippen LogP contribution in [-0.2, 0) is 0 Å². The van der Waals surface area contributed by atoms with Crippen LogP contribution in [0.3, 0.4) is 0 Å². The van der Waals surface area contributed by atoms with Crippen molar-refractivity contribution in [1.82, 2.24) is 9.38 Å². The van der Waals surface area contributed by atoms with E-state index in [9.17, 15) is 0 Å². The molecule has 22 heavy (non-hydrogen) atoms. The summed E-state index contributed by atoms with van der Waals surface area (Å²) in [5.74, 6) is 0.968. The van der Waals surface area contributed by atoms with Crippen LogP contribution >= 0.6 is 0 Å². The van der Waals surface area contributed by atoms with Gasteiger partial charge in [0.15, 0.2) is 5.82 Å². The molecule has 1 N–H and O–H groups in total. The van der Waals surface area contributed by atoms with Crippen LogP contribution in [0.25, 0.3) is 5.52 Å². The molecular formula is C19H23N3. The van der Waals surface area contributed by atoms with Crippen LogP contribution in [-0.4, -0.2) is 9.38 Å². The Hall–Kier alpha value is -2.29. The molecule has 1 unspecified atom stereocenters. The Morgan fingerprint density at radius 3 is 2.68 bits per heavy atom. The lowest BCUT2D eigenvalue weighted by Gasteiger charge is -2.20. The number of aryl methyl sites for hydroxylation is 2. The molecule has 0 fully saturated rings. The molecule has 114 valence electrons. The van der Waals surface area contributed by atoms with E-state index in [2.05, 4.69) is 71.9 Å². The predicted molar refractivity (Wildman–Crippen MR) is 92.4 cm³/mol. The molecule has 1 atom stereocenters. The first-order valence-electron chi connectivity index (χ1n) is 7.95. The van der Waals surface area contributed by atoms with Gasteiger partial charge in [0.2, 0.25) is 0 Å². The fraction of sp³-hybridized carbons (Fsp3) is 0.316. The van der Waals surface area contributed by atoms with Crippen molar-refractivity contribution in [1.29, 1.82) is 0 Å². The number of anilines is 1. The summed E-state index contributed by atoms with van der Waals surface area (Å²) in [5.41, 5.74) is 4.99. The van der Waals surface area contributed by atoms with Gasteiger partial charge in [-0.05, 0) is 37.5 Å². The van der Waals surface area contributed by atoms with E-state index in [4.69, 9.17) is 0 Å². The highest BCUT2D eigenvalue weighted by atomic mass is 15.1. The van der Waals surface area contributed by atoms with Crippen LogP contribution in [0.2, 0.25) is 0 Å². The van der Waals surface area contributed by atoms with Crippen LogP contribution in [0.1, 0.15) is 42.6 Å². The van der Waals surface area contributed by atoms with Gasteiger partial charge in [-0.15, -0.1) is 0 Å². The third kappa shape index (κ3) is 2.71. The largest absolute Gasteiger partial charge is 0.362 e. The van der Waals surface area contributed by atoms with Gasteiger partial charge in [-0.1, -0.05) is 43.7 Å². The number of nitrogens with zero attached hydrogens (tertiary/aromatic N) is 2. The SMILES string of the molecule is CCCC(Nc1nccn2c(C)cc(C)c12)c1ccccc1. The fourth-order valence-corrected chi connectivity index (χ4v) is 3.11. The van der Waals surface area contributed by atoms with E-state index < -0.39 is 0 Å². The summed E-state index contributed by atoms with van der Waals surface area (Å²) in [6.07, 6.45) is 6.12. The highest BCUT2D eigenvalue weighted by Gasteiger charge is 2.14. The van der Waals surface area contributed by atoms with Gasteiger partial charge in [0.05, 0.1) is 11.6 Å². The van der Waals surface area contributed by atoms with E-state index in [0.717, 1.165) is 18.7 Å². The summed E-state index contributed by atoms with van der Waals surface area (Å²) in [7, 11) is 0. The second kappa shape index (κ2) is 6.22. The maximum absolute atomic E-state index is 4.60. The van der Waals surface area contributed by atoms with Crippen molar-refractivity contribution in [2.45, 2.75) is 39.7 Å². The molecule has 0 aliphatic rings. The Kier molecular flexibility index (Phi) is 4.14. The van der Waals surface area contributed by atoms with Crippen LogP contribution in [0.4, 0.5) is 5.82 Å². The maximum Gasteiger partial charge on any atom is 0.151 e. The van der Waals surface area contributed by atoms with Gasteiger partial charge in [0, 0.05) is 18.1 Å². The van der Waals surface area contributed by atoms with E-state index >= 15 is 0 Å². The zero-order valence-electron chi connectivity index (χ0n) is 13.5. The molecule has 0 radical (unpaired) electrons. The standard InChI is InChI=1S/C19H23N3/c1-4-8-17(16-9-6-5-7-10-16)21-19-18-14(2)13-15(3)22(18)12-11-20-19/h5-7,9-13,17H,4,8H2,1-3H3,(H,20,21). The molecule has 0 aliphatic carbocycles. The molecule has 3 aromatic rings. The average Bonchev–Trinajstić information content (AvgIpc) is 2.83. The number of hydrogen-bond acceptors (Lipinski definition) is 2. The molecule has 3 heteroatoms. The first-order chi connectivity index (χ1) is 10.7. The topological polar surface area (TPSA) is 29.3 Å². The first kappa shape index (κ1) is 14.6. The van der Waals surface area contributed by atoms with Crippen LogP contribution in [0.15, 0.2) is 48.8 Å². The van der Waals surface area contributed by atoms with E-state index in [-0.39, 0.29) is 0 Å². The lowest BCUT2D eigenvalue weighted by Crippen LogP contribution is -2.12. The monoisotopic (exact) mass is 293 g/mol. The minimum atomic E-state index is 0.291. The molecule has 0 amide bonds. The lowest BCUT2D eigenvalue weighted by atomic mass is 10.0. The molecular weight excluding hydrogens is 270 g/mol. The quantitative estimate of drug-likeness (QED) is 0.724. The van der Waals surface area contributed by atoms with Gasteiger partial charge in [0.1, 0.15) is 0 Å². The maximum atomic E-state index is 4.60. The first-order valence-corrected chi connectivity index (χ1v) is 7.95. The molecule has 0 spiro atoms. The summed E-state index contributed by atoms with van der Waals surface area (Å²) in [5, 5.41) is 3.66. The van der Waals surface area contributed by atoms with Crippen molar-refractivity contribution in [2.24, 2.45) is 0 Å². The van der Waals surface area contributed by atoms with E-state index in [1.807, 2.05) is 12.4 Å². The van der Waals surface area contributed by atoms with Crippen molar-refractivity contribution in [3.63, 3.8) is 0 Å². The van der Waals surface area contributed by atoms with Gasteiger partial charge in [0.25, 0.3) is 0 Å². The summed E-state index contributed by atoms with van der Waals surface area (Å²) < 4.78 is 2.21. The second-order valence-electron chi connectivity index (χ2n) is 5.86. The second-order valence-corrected chi connectivity index (χ2v) is 5.86. The number of benzene rings is 1. The van der Waals surface area contributed by atoms with E-state index in [1.165, 1.54) is 22.3 Å². The average molecular weight is 293 g/mol. The highest BCUT2D eigenvalue weighted by Crippen LogP contribution is 2.28. The molecule has 0 saturated carbocycles. The zero-order chi connectivity index (χ0) is 15.5. The van der Waals surface area contributed by atoms with Crippen LogP contribution < -0.4 is 5.32 Å². The molecule has 1 aromatic carbocycles. The minimum absolute atomic E-state index is 0.291. The zero-order valence-corrected chi connectivity index (χ0v) is 13.5. The molecule has 2 heterocycles. The van der Waals surface area contributed by atoms with Crippen LogP contribution in [0, 0.1) is 13.8 Å². The van der Waals surface area contributed by atoms with Crippen molar-refractivity contribution in [3.8, 4) is 0 Å². The summed E-state index contributed by atoms with van der Waals surface area (Å²) >= 11 is 0. The normalized spacial score (nSPS) is 12.5. The summed E-state index contributed by atoms with van der Waals surface area (Å²) in [4.78, 5) is 4.60. The fourth-order valence-electron chi connectivity index (χ4n) is 3.11. The van der Waals surface area contributed by atoms with Crippen molar-refractivity contribution >= 4 is 11.3 Å². The molecule has 0 saturated heterocycles. The van der Waals surface area contributed by atoms with E-state index in [1.54, 1.807) is 0 Å². The van der Waals surface area contributed by atoms with Crippen molar-refractivity contribution < 1.29 is 0 Å². The molecule has 3 nitrogen and oxygen atoms in total. The molecule has 2 aromatic heterocycles. The van der Waals surface area contributed by atoms with Crippen LogP contribution in [0.5, 0.6) is 0 Å². The lowest BCUT2D eigenvalue weighted by molar-refractivity contribution is 0.675. The number of fused-ring (bicyclic) bond motifs is 1. The Labute approximate surface area is 132 Å². The molecule has 0 aliphatic heterocycles. The Morgan fingerprint density at radius 2 is 1.95 bits per heavy atom. The number of rotatable bonds is 5. The van der Waals surface area contributed by atoms with Gasteiger partial charge in [-0.3, -0.25) is 0 Å². The molecule has 3 rings (SSSR count). The van der Waals surface area contributed by atoms with E-state index in [0.29, 0.717) is 6.04 Å². The Morgan fingerprint density at radius 1 is 1.18 bits per heavy atom. The minimum Gasteiger partial charge on any atom is -0.362 e. The predicted octanol–water partition coefficient (Wildman–Crippen LogP) is 4.90. The third-order valence-corrected chi connectivity index (χ3v) is 4.15. The summed E-state index contributed by atoms with van der Waals surface area (Å²) in [6.45, 7) is 6.50. The van der Waals surface area contributed by atoms with Gasteiger partial charge in [-0.2, -0.15) is 0 Å². The smallest absolute Gasteiger partial charge is 0.151 e. The number of nitrogens with one attached hydrogen (secondary N) is 1. The van der Waals surface area contributed by atoms with Gasteiger partial charge >= 0.3 is 0 Å². The Bertz CT molecular complexity index is 759. The van der Waals surface area contributed by atoms with Crippen molar-refractivity contribution in [3.05, 3.63) is 65.6 Å². The number of hydrogen-bond donors (Lipinski definition) is 1. The van der Waals surface area contributed by atoms with Gasteiger partial charge < -0.3 is 9.72 Å².